The van der Waals surface area contributed by atoms with Crippen molar-refractivity contribution in [2.75, 3.05) is 50.6 Å². The molecule has 0 radical (unpaired) electrons. The molecule has 8 nitrogen and oxygen atoms in total. The lowest BCUT2D eigenvalue weighted by molar-refractivity contribution is 0.312. The lowest BCUT2D eigenvalue weighted by atomic mass is 10.1. The first-order valence-corrected chi connectivity index (χ1v) is 9.69. The van der Waals surface area contributed by atoms with E-state index in [2.05, 4.69) is 43.4 Å². The number of aromatic nitrogens is 4. The zero-order chi connectivity index (χ0) is 19.8. The van der Waals surface area contributed by atoms with Gasteiger partial charge in [0.05, 0.1) is 36.1 Å². The van der Waals surface area contributed by atoms with Crippen molar-refractivity contribution in [2.45, 2.75) is 0 Å². The third-order valence-corrected chi connectivity index (χ3v) is 5.44. The summed E-state index contributed by atoms with van der Waals surface area (Å²) in [7, 11) is 3.82. The van der Waals surface area contributed by atoms with Crippen LogP contribution in [0.4, 0.5) is 17.3 Å². The van der Waals surface area contributed by atoms with E-state index in [-0.39, 0.29) is 0 Å². The molecule has 4 aromatic rings. The number of methoxy groups -OCH3 is 1. The van der Waals surface area contributed by atoms with E-state index in [1.807, 2.05) is 36.7 Å². The number of anilines is 3. The van der Waals surface area contributed by atoms with E-state index < -0.39 is 0 Å². The van der Waals surface area contributed by atoms with Crippen molar-refractivity contribution in [1.29, 1.82) is 0 Å². The van der Waals surface area contributed by atoms with Crippen molar-refractivity contribution >= 4 is 39.1 Å². The maximum atomic E-state index is 5.52. The predicted octanol–water partition coefficient (Wildman–Crippen LogP) is 3.01. The van der Waals surface area contributed by atoms with Crippen LogP contribution in [0, 0.1) is 0 Å². The summed E-state index contributed by atoms with van der Waals surface area (Å²) in [6.07, 6.45) is 3.66. The molecule has 8 heteroatoms. The highest BCUT2D eigenvalue weighted by Gasteiger charge is 2.16. The number of nitrogens with one attached hydrogen (secondary N) is 2. The summed E-state index contributed by atoms with van der Waals surface area (Å²) in [5.74, 6) is 2.50. The summed E-state index contributed by atoms with van der Waals surface area (Å²) in [6, 6.07) is 9.95. The number of benzene rings is 1. The van der Waals surface area contributed by atoms with Gasteiger partial charge in [-0.2, -0.15) is 5.10 Å². The fraction of sp³-hybridized carbons (Fsp3) is 0.286. The number of nitrogens with zero attached hydrogens (tertiary/aromatic N) is 5. The molecule has 0 amide bonds. The molecule has 1 aliphatic rings. The van der Waals surface area contributed by atoms with Crippen molar-refractivity contribution < 1.29 is 4.74 Å². The van der Waals surface area contributed by atoms with E-state index in [0.717, 1.165) is 65.2 Å². The van der Waals surface area contributed by atoms with Crippen LogP contribution in [0.25, 0.3) is 21.8 Å². The largest absolute Gasteiger partial charge is 0.496 e. The van der Waals surface area contributed by atoms with Crippen LogP contribution in [0.1, 0.15) is 0 Å². The number of H-pyrrole nitrogens is 1. The second kappa shape index (κ2) is 7.21. The van der Waals surface area contributed by atoms with Crippen LogP contribution in [0.15, 0.2) is 42.7 Å². The van der Waals surface area contributed by atoms with Gasteiger partial charge in [0.1, 0.15) is 17.1 Å². The minimum Gasteiger partial charge on any atom is -0.496 e. The van der Waals surface area contributed by atoms with E-state index in [0.29, 0.717) is 5.82 Å². The molecular weight excluding hydrogens is 366 g/mol. The average molecular weight is 389 g/mol. The molecule has 29 heavy (non-hydrogen) atoms. The molecule has 0 aliphatic carbocycles. The van der Waals surface area contributed by atoms with Gasteiger partial charge in [0.15, 0.2) is 5.82 Å². The number of hydrogen-bond acceptors (Lipinski definition) is 7. The fourth-order valence-electron chi connectivity index (χ4n) is 3.80. The lowest BCUT2D eigenvalue weighted by Gasteiger charge is -2.33. The highest BCUT2D eigenvalue weighted by atomic mass is 16.5. The molecule has 148 valence electrons. The Labute approximate surface area is 168 Å². The molecule has 5 rings (SSSR count). The Morgan fingerprint density at radius 2 is 1.93 bits per heavy atom. The molecule has 4 heterocycles. The molecule has 0 bridgehead atoms. The van der Waals surface area contributed by atoms with Crippen LogP contribution in [0.5, 0.6) is 5.75 Å². The molecule has 1 aliphatic heterocycles. The quantitative estimate of drug-likeness (QED) is 0.555. The van der Waals surface area contributed by atoms with Gasteiger partial charge in [-0.05, 0) is 31.3 Å². The van der Waals surface area contributed by atoms with Crippen LogP contribution >= 0.6 is 0 Å². The smallest absolute Gasteiger partial charge is 0.157 e. The van der Waals surface area contributed by atoms with Gasteiger partial charge in [-0.15, -0.1) is 0 Å². The minimum absolute atomic E-state index is 0.715. The highest BCUT2D eigenvalue weighted by Crippen LogP contribution is 2.34. The van der Waals surface area contributed by atoms with Crippen LogP contribution in [-0.4, -0.2) is 65.4 Å². The second-order valence-electron chi connectivity index (χ2n) is 7.29. The zero-order valence-corrected chi connectivity index (χ0v) is 16.5. The standard InChI is InChI=1S/C21H23N7O/c1-27-8-10-28(11-9-27)18-7-6-14(12-22-18)24-21-20-15(13-23-26-20)19-16(25-21)4-3-5-17(19)29-2/h3-7,12-13H,8-11H2,1-2H3,(H,23,26)(H,24,25). The van der Waals surface area contributed by atoms with Gasteiger partial charge < -0.3 is 19.9 Å². The number of fused-ring (bicyclic) bond motifs is 3. The van der Waals surface area contributed by atoms with E-state index in [1.54, 1.807) is 7.11 Å². The van der Waals surface area contributed by atoms with Gasteiger partial charge in [0.2, 0.25) is 0 Å². The van der Waals surface area contributed by atoms with Gasteiger partial charge >= 0.3 is 0 Å². The molecule has 0 atom stereocenters. The number of hydrogen-bond donors (Lipinski definition) is 2. The number of ether oxygens (including phenoxy) is 1. The van der Waals surface area contributed by atoms with Gasteiger partial charge in [0, 0.05) is 31.6 Å². The Balaban J connectivity index is 1.46. The van der Waals surface area contributed by atoms with Crippen LogP contribution < -0.4 is 15.0 Å². The van der Waals surface area contributed by atoms with E-state index in [4.69, 9.17) is 9.72 Å². The normalized spacial score (nSPS) is 15.2. The minimum atomic E-state index is 0.715. The monoisotopic (exact) mass is 389 g/mol. The molecule has 0 spiro atoms. The molecule has 3 aromatic heterocycles. The Morgan fingerprint density at radius 1 is 1.07 bits per heavy atom. The summed E-state index contributed by atoms with van der Waals surface area (Å²) >= 11 is 0. The first-order chi connectivity index (χ1) is 14.2. The molecule has 2 N–H and O–H groups in total. The summed E-state index contributed by atoms with van der Waals surface area (Å²) in [6.45, 7) is 4.12. The summed E-state index contributed by atoms with van der Waals surface area (Å²) < 4.78 is 5.52. The average Bonchev–Trinajstić information content (AvgIpc) is 3.25. The number of pyridine rings is 2. The van der Waals surface area contributed by atoms with Crippen LogP contribution in [0.2, 0.25) is 0 Å². The summed E-state index contributed by atoms with van der Waals surface area (Å²) in [4.78, 5) is 14.1. The van der Waals surface area contributed by atoms with E-state index in [9.17, 15) is 0 Å². The van der Waals surface area contributed by atoms with Crippen molar-refractivity contribution in [3.63, 3.8) is 0 Å². The van der Waals surface area contributed by atoms with Crippen molar-refractivity contribution in [3.05, 3.63) is 42.7 Å². The molecule has 1 fully saturated rings. The lowest BCUT2D eigenvalue weighted by Crippen LogP contribution is -2.44. The summed E-state index contributed by atoms with van der Waals surface area (Å²) in [5, 5.41) is 12.6. The SMILES string of the molecule is COc1cccc2nc(Nc3ccc(N4CCN(C)CC4)nc3)c3[nH]ncc3c12. The van der Waals surface area contributed by atoms with E-state index in [1.165, 1.54) is 0 Å². The predicted molar refractivity (Wildman–Crippen MR) is 115 cm³/mol. The van der Waals surface area contributed by atoms with Crippen LogP contribution in [0.3, 0.4) is 0 Å². The Morgan fingerprint density at radius 3 is 2.69 bits per heavy atom. The first-order valence-electron chi connectivity index (χ1n) is 9.69. The highest BCUT2D eigenvalue weighted by molar-refractivity contribution is 6.11. The topological polar surface area (TPSA) is 82.2 Å². The number of piperazine rings is 1. The van der Waals surface area contributed by atoms with Gasteiger partial charge in [-0.1, -0.05) is 6.07 Å². The maximum absolute atomic E-state index is 5.52. The Hall–Kier alpha value is -3.39. The van der Waals surface area contributed by atoms with Crippen molar-refractivity contribution in [2.24, 2.45) is 0 Å². The molecule has 1 saturated heterocycles. The number of likely N-dealkylation sites (N-methyl/N-ethyl adjacent to an activating group) is 1. The molecule has 0 saturated carbocycles. The number of rotatable bonds is 4. The van der Waals surface area contributed by atoms with E-state index >= 15 is 0 Å². The Bertz CT molecular complexity index is 1150. The fourth-order valence-corrected chi connectivity index (χ4v) is 3.80. The molecule has 1 aromatic carbocycles. The molecular formula is C21H23N7O. The first kappa shape index (κ1) is 17.7. The van der Waals surface area contributed by atoms with Crippen LogP contribution in [-0.2, 0) is 0 Å². The zero-order valence-electron chi connectivity index (χ0n) is 16.5. The molecule has 0 unspecified atom stereocenters. The van der Waals surface area contributed by atoms with Crippen molar-refractivity contribution in [3.8, 4) is 5.75 Å². The third kappa shape index (κ3) is 3.21. The Kier molecular flexibility index (Phi) is 4.40. The number of aromatic amines is 1. The summed E-state index contributed by atoms with van der Waals surface area (Å²) in [5.41, 5.74) is 2.57. The van der Waals surface area contributed by atoms with Gasteiger partial charge in [0.25, 0.3) is 0 Å². The van der Waals surface area contributed by atoms with Gasteiger partial charge in [-0.3, -0.25) is 5.10 Å². The second-order valence-corrected chi connectivity index (χ2v) is 7.29. The maximum Gasteiger partial charge on any atom is 0.157 e. The third-order valence-electron chi connectivity index (χ3n) is 5.44. The van der Waals surface area contributed by atoms with Gasteiger partial charge in [-0.25, -0.2) is 9.97 Å². The van der Waals surface area contributed by atoms with Crippen molar-refractivity contribution in [1.82, 2.24) is 25.1 Å².